The molecule has 0 fully saturated rings. The maximum absolute atomic E-state index is 6.70. The van der Waals surface area contributed by atoms with E-state index < -0.39 is 0 Å². The predicted octanol–water partition coefficient (Wildman–Crippen LogP) is 8.26. The van der Waals surface area contributed by atoms with E-state index in [1.807, 2.05) is 0 Å². The molecule has 1 unspecified atom stereocenters. The Morgan fingerprint density at radius 2 is 1.45 bits per heavy atom. The van der Waals surface area contributed by atoms with Crippen molar-refractivity contribution < 1.29 is 4.42 Å². The Bertz CT molecular complexity index is 1710. The summed E-state index contributed by atoms with van der Waals surface area (Å²) in [6, 6.07) is 31.1. The molecule has 33 heavy (non-hydrogen) atoms. The summed E-state index contributed by atoms with van der Waals surface area (Å²) >= 11 is 0. The van der Waals surface area contributed by atoms with Gasteiger partial charge in [-0.05, 0) is 63.4 Å². The van der Waals surface area contributed by atoms with Gasteiger partial charge in [-0.1, -0.05) is 91.9 Å². The van der Waals surface area contributed by atoms with Crippen molar-refractivity contribution in [2.24, 2.45) is 5.92 Å². The van der Waals surface area contributed by atoms with Crippen LogP contribution in [0.4, 0.5) is 0 Å². The van der Waals surface area contributed by atoms with E-state index in [0.717, 1.165) is 17.6 Å². The lowest BCUT2D eigenvalue weighted by Crippen LogP contribution is -2.31. The molecule has 0 aliphatic heterocycles. The second-order valence-corrected chi connectivity index (χ2v) is 9.67. The molecule has 0 amide bonds. The molecule has 0 N–H and O–H groups in total. The molecule has 0 saturated carbocycles. The van der Waals surface area contributed by atoms with Crippen molar-refractivity contribution in [3.63, 3.8) is 0 Å². The summed E-state index contributed by atoms with van der Waals surface area (Å²) in [6.45, 7) is 2.39. The number of rotatable bonds is 0. The van der Waals surface area contributed by atoms with Crippen molar-refractivity contribution >= 4 is 27.5 Å². The van der Waals surface area contributed by atoms with Gasteiger partial charge in [0.05, 0.1) is 5.41 Å². The highest BCUT2D eigenvalue weighted by atomic mass is 16.3. The van der Waals surface area contributed by atoms with Crippen LogP contribution in [0.25, 0.3) is 38.6 Å². The number of para-hydroxylation sites is 1. The zero-order valence-corrected chi connectivity index (χ0v) is 18.4. The van der Waals surface area contributed by atoms with Crippen LogP contribution < -0.4 is 0 Å². The zero-order valence-electron chi connectivity index (χ0n) is 18.4. The monoisotopic (exact) mass is 422 g/mol. The van der Waals surface area contributed by atoms with Crippen LogP contribution in [0.15, 0.2) is 107 Å². The quantitative estimate of drug-likeness (QED) is 0.245. The Morgan fingerprint density at radius 1 is 0.727 bits per heavy atom. The second-order valence-electron chi connectivity index (χ2n) is 9.67. The van der Waals surface area contributed by atoms with Crippen molar-refractivity contribution in [3.05, 3.63) is 125 Å². The fourth-order valence-corrected chi connectivity index (χ4v) is 6.98. The van der Waals surface area contributed by atoms with Gasteiger partial charge in [0.15, 0.2) is 0 Å². The van der Waals surface area contributed by atoms with E-state index >= 15 is 0 Å². The smallest absolute Gasteiger partial charge is 0.140 e. The highest BCUT2D eigenvalue weighted by molar-refractivity contribution is 6.11. The zero-order chi connectivity index (χ0) is 21.7. The Kier molecular flexibility index (Phi) is 3.18. The van der Waals surface area contributed by atoms with Crippen LogP contribution in [0.2, 0.25) is 0 Å². The van der Waals surface area contributed by atoms with Crippen LogP contribution in [0.3, 0.4) is 0 Å². The topological polar surface area (TPSA) is 13.1 Å². The normalized spacial score (nSPS) is 22.2. The van der Waals surface area contributed by atoms with Crippen LogP contribution in [0, 0.1) is 5.92 Å². The van der Waals surface area contributed by atoms with Crippen molar-refractivity contribution in [1.82, 2.24) is 0 Å². The molecule has 0 saturated heterocycles. The molecule has 2 atom stereocenters. The molecule has 0 bridgehead atoms. The number of fused-ring (bicyclic) bond motifs is 13. The molecule has 5 aromatic rings. The lowest BCUT2D eigenvalue weighted by atomic mass is 9.65. The van der Waals surface area contributed by atoms with Crippen LogP contribution in [-0.2, 0) is 5.41 Å². The lowest BCUT2D eigenvalue weighted by Gasteiger charge is -2.36. The average Bonchev–Trinajstić information content (AvgIpc) is 3.48. The van der Waals surface area contributed by atoms with E-state index in [2.05, 4.69) is 104 Å². The number of allylic oxidation sites excluding steroid dienone is 4. The summed E-state index contributed by atoms with van der Waals surface area (Å²) in [5.41, 5.74) is 12.8. The minimum Gasteiger partial charge on any atom is -0.456 e. The van der Waals surface area contributed by atoms with Gasteiger partial charge in [0.2, 0.25) is 0 Å². The molecule has 1 heteroatoms. The number of benzene rings is 4. The van der Waals surface area contributed by atoms with Crippen molar-refractivity contribution in [2.75, 3.05) is 0 Å². The third-order valence-electron chi connectivity index (χ3n) is 8.13. The van der Waals surface area contributed by atoms with Crippen molar-refractivity contribution in [2.45, 2.75) is 18.8 Å². The lowest BCUT2D eigenvalue weighted by molar-refractivity contribution is 0.582. The molecular formula is C32H22O. The van der Waals surface area contributed by atoms with Gasteiger partial charge in [0, 0.05) is 16.3 Å². The largest absolute Gasteiger partial charge is 0.456 e. The molecule has 3 aliphatic carbocycles. The maximum atomic E-state index is 6.70. The molecule has 1 aromatic heterocycles. The molecule has 1 spiro atoms. The van der Waals surface area contributed by atoms with Gasteiger partial charge in [0.1, 0.15) is 11.2 Å². The first kappa shape index (κ1) is 17.7. The first-order valence-electron chi connectivity index (χ1n) is 11.9. The fourth-order valence-electron chi connectivity index (χ4n) is 6.98. The van der Waals surface area contributed by atoms with Crippen LogP contribution in [0.1, 0.15) is 35.6 Å². The van der Waals surface area contributed by atoms with Gasteiger partial charge in [-0.3, -0.25) is 0 Å². The van der Waals surface area contributed by atoms with E-state index in [1.54, 1.807) is 0 Å². The average molecular weight is 423 g/mol. The van der Waals surface area contributed by atoms with Gasteiger partial charge < -0.3 is 4.42 Å². The minimum absolute atomic E-state index is 0.310. The summed E-state index contributed by atoms with van der Waals surface area (Å²) in [4.78, 5) is 0. The third-order valence-corrected chi connectivity index (χ3v) is 8.13. The van der Waals surface area contributed by atoms with E-state index in [0.29, 0.717) is 5.92 Å². The molecule has 156 valence electrons. The highest BCUT2D eigenvalue weighted by Crippen LogP contribution is 2.65. The van der Waals surface area contributed by atoms with E-state index in [4.69, 9.17) is 4.42 Å². The Balaban J connectivity index is 1.64. The van der Waals surface area contributed by atoms with Crippen molar-refractivity contribution in [1.29, 1.82) is 0 Å². The predicted molar refractivity (Wildman–Crippen MR) is 135 cm³/mol. The third kappa shape index (κ3) is 1.92. The Morgan fingerprint density at radius 3 is 2.33 bits per heavy atom. The van der Waals surface area contributed by atoms with Crippen molar-refractivity contribution in [3.8, 4) is 11.1 Å². The minimum atomic E-state index is -0.310. The summed E-state index contributed by atoms with van der Waals surface area (Å²) < 4.78 is 6.70. The molecular weight excluding hydrogens is 400 g/mol. The van der Waals surface area contributed by atoms with Gasteiger partial charge >= 0.3 is 0 Å². The van der Waals surface area contributed by atoms with Crippen LogP contribution in [-0.4, -0.2) is 0 Å². The number of hydrogen-bond donors (Lipinski definition) is 0. The number of hydrogen-bond acceptors (Lipinski definition) is 1. The summed E-state index contributed by atoms with van der Waals surface area (Å²) in [5, 5.41) is 2.40. The summed E-state index contributed by atoms with van der Waals surface area (Å²) in [7, 11) is 0. The van der Waals surface area contributed by atoms with Gasteiger partial charge in [-0.2, -0.15) is 0 Å². The van der Waals surface area contributed by atoms with E-state index in [1.165, 1.54) is 55.3 Å². The second kappa shape index (κ2) is 5.94. The van der Waals surface area contributed by atoms with E-state index in [-0.39, 0.29) is 5.41 Å². The molecule has 4 aromatic carbocycles. The number of furan rings is 1. The molecule has 1 nitrogen and oxygen atoms in total. The fraction of sp³-hybridized carbons (Fsp3) is 0.125. The Hall–Kier alpha value is -3.84. The molecule has 3 aliphatic rings. The SMILES string of the molecule is C[C@@H]1CC=CC2=C1C1(c3ccccc32)c2ccccc2-c2ccc3c(oc4ccccc43)c21. The van der Waals surface area contributed by atoms with Gasteiger partial charge in [0.25, 0.3) is 0 Å². The van der Waals surface area contributed by atoms with Gasteiger partial charge in [-0.15, -0.1) is 0 Å². The summed E-state index contributed by atoms with van der Waals surface area (Å²) in [5.74, 6) is 0.455. The maximum Gasteiger partial charge on any atom is 0.140 e. The van der Waals surface area contributed by atoms with Crippen LogP contribution in [0.5, 0.6) is 0 Å². The highest BCUT2D eigenvalue weighted by Gasteiger charge is 2.55. The molecule has 1 heterocycles. The first-order chi connectivity index (χ1) is 16.3. The standard InChI is InChI=1S/C32H22O/c1-19-9-8-13-23-20-10-2-5-14-26(20)32(29(19)23)27-15-6-3-11-21(27)24-17-18-25-22-12-4-7-16-28(22)33-31(25)30(24)32/h2-8,10-19H,9H2,1H3/t19-,32?/m1/s1. The molecule has 0 radical (unpaired) electrons. The summed E-state index contributed by atoms with van der Waals surface area (Å²) in [6.07, 6.45) is 5.79. The van der Waals surface area contributed by atoms with Gasteiger partial charge in [-0.25, -0.2) is 0 Å². The van der Waals surface area contributed by atoms with E-state index in [9.17, 15) is 0 Å². The van der Waals surface area contributed by atoms with Crippen LogP contribution >= 0.6 is 0 Å². The molecule has 8 rings (SSSR count). The Labute approximate surface area is 192 Å². The first-order valence-corrected chi connectivity index (χ1v) is 11.9.